The van der Waals surface area contributed by atoms with Gasteiger partial charge >= 0.3 is 0 Å². The minimum atomic E-state index is -3.87. The Balaban J connectivity index is 1.54. The summed E-state index contributed by atoms with van der Waals surface area (Å²) in [7, 11) is -2.31. The van der Waals surface area contributed by atoms with Gasteiger partial charge < -0.3 is 14.2 Å². The average molecular weight is 401 g/mol. The quantitative estimate of drug-likeness (QED) is 0.608. The van der Waals surface area contributed by atoms with Crippen LogP contribution in [0.3, 0.4) is 0 Å². The van der Waals surface area contributed by atoms with Crippen LogP contribution in [0.5, 0.6) is 17.2 Å². The van der Waals surface area contributed by atoms with Gasteiger partial charge in [-0.15, -0.1) is 0 Å². The second kappa shape index (κ2) is 7.29. The molecule has 1 atom stereocenters. The van der Waals surface area contributed by atoms with E-state index in [1.807, 2.05) is 13.0 Å². The van der Waals surface area contributed by atoms with Crippen molar-refractivity contribution in [2.24, 2.45) is 0 Å². The molecule has 0 spiro atoms. The van der Waals surface area contributed by atoms with E-state index < -0.39 is 16.2 Å². The summed E-state index contributed by atoms with van der Waals surface area (Å²) in [4.78, 5) is 4.44. The Bertz CT molecular complexity index is 1110. The first kappa shape index (κ1) is 18.5. The maximum Gasteiger partial charge on any atom is 0.297 e. The SMILES string of the molecule is COc1cc2c(c3cccnc13)OC(COS(=O)(=O)c1ccc(C)cc1)CO2. The van der Waals surface area contributed by atoms with Crippen LogP contribution in [0.1, 0.15) is 5.56 Å². The molecule has 146 valence electrons. The molecule has 28 heavy (non-hydrogen) atoms. The van der Waals surface area contributed by atoms with Crippen LogP contribution < -0.4 is 14.2 Å². The van der Waals surface area contributed by atoms with Crippen LogP contribution in [-0.2, 0) is 14.3 Å². The van der Waals surface area contributed by atoms with Crippen molar-refractivity contribution < 1.29 is 26.8 Å². The summed E-state index contributed by atoms with van der Waals surface area (Å²) in [5.41, 5.74) is 1.61. The molecule has 1 unspecified atom stereocenters. The van der Waals surface area contributed by atoms with Crippen molar-refractivity contribution in [3.05, 3.63) is 54.2 Å². The van der Waals surface area contributed by atoms with Crippen LogP contribution in [0.4, 0.5) is 0 Å². The van der Waals surface area contributed by atoms with Gasteiger partial charge in [-0.3, -0.25) is 9.17 Å². The van der Waals surface area contributed by atoms with Crippen LogP contribution in [0.25, 0.3) is 10.9 Å². The first-order valence-corrected chi connectivity index (χ1v) is 10.1. The van der Waals surface area contributed by atoms with Crippen LogP contribution in [-0.4, -0.2) is 39.8 Å². The van der Waals surface area contributed by atoms with Gasteiger partial charge in [0.15, 0.2) is 17.6 Å². The fourth-order valence-corrected chi connectivity index (χ4v) is 3.90. The van der Waals surface area contributed by atoms with Gasteiger partial charge in [0.05, 0.1) is 12.0 Å². The van der Waals surface area contributed by atoms with Crippen molar-refractivity contribution in [1.29, 1.82) is 0 Å². The van der Waals surface area contributed by atoms with Crippen LogP contribution in [0.2, 0.25) is 0 Å². The summed E-state index contributed by atoms with van der Waals surface area (Å²) in [6, 6.07) is 11.8. The monoisotopic (exact) mass is 401 g/mol. The molecule has 0 amide bonds. The largest absolute Gasteiger partial charge is 0.494 e. The Morgan fingerprint density at radius 2 is 2.00 bits per heavy atom. The van der Waals surface area contributed by atoms with Gasteiger partial charge in [-0.05, 0) is 31.2 Å². The Morgan fingerprint density at radius 3 is 2.75 bits per heavy atom. The lowest BCUT2D eigenvalue weighted by atomic mass is 10.1. The summed E-state index contributed by atoms with van der Waals surface area (Å²) >= 11 is 0. The zero-order valence-electron chi connectivity index (χ0n) is 15.4. The predicted molar refractivity (Wildman–Crippen MR) is 103 cm³/mol. The molecule has 1 aliphatic rings. The first-order valence-electron chi connectivity index (χ1n) is 8.69. The molecule has 2 heterocycles. The number of methoxy groups -OCH3 is 1. The Kier molecular flexibility index (Phi) is 4.82. The van der Waals surface area contributed by atoms with Crippen molar-refractivity contribution in [3.63, 3.8) is 0 Å². The van der Waals surface area contributed by atoms with E-state index in [4.69, 9.17) is 18.4 Å². The second-order valence-electron chi connectivity index (χ2n) is 6.41. The molecule has 8 heteroatoms. The number of aromatic nitrogens is 1. The van der Waals surface area contributed by atoms with Crippen molar-refractivity contribution in [1.82, 2.24) is 4.98 Å². The molecular formula is C20H19NO6S. The van der Waals surface area contributed by atoms with Gasteiger partial charge in [0, 0.05) is 17.6 Å². The normalized spacial score (nSPS) is 16.1. The molecular weight excluding hydrogens is 382 g/mol. The minimum Gasteiger partial charge on any atom is -0.494 e. The third-order valence-electron chi connectivity index (χ3n) is 4.42. The summed E-state index contributed by atoms with van der Waals surface area (Å²) in [5.74, 6) is 1.60. The maximum atomic E-state index is 12.4. The minimum absolute atomic E-state index is 0.106. The number of aryl methyl sites for hydroxylation is 1. The first-order chi connectivity index (χ1) is 13.5. The number of rotatable bonds is 5. The summed E-state index contributed by atoms with van der Waals surface area (Å²) in [6.45, 7) is 1.88. The predicted octanol–water partition coefficient (Wildman–Crippen LogP) is 3.10. The van der Waals surface area contributed by atoms with Crippen molar-refractivity contribution >= 4 is 21.0 Å². The smallest absolute Gasteiger partial charge is 0.297 e. The third kappa shape index (κ3) is 3.48. The van der Waals surface area contributed by atoms with E-state index in [-0.39, 0.29) is 18.1 Å². The van der Waals surface area contributed by atoms with Gasteiger partial charge in [0.25, 0.3) is 10.1 Å². The lowest BCUT2D eigenvalue weighted by Gasteiger charge is -2.27. The van der Waals surface area contributed by atoms with E-state index in [0.29, 0.717) is 22.8 Å². The fourth-order valence-electron chi connectivity index (χ4n) is 2.96. The number of hydrogen-bond acceptors (Lipinski definition) is 7. The van der Waals surface area contributed by atoms with E-state index in [2.05, 4.69) is 4.98 Å². The fraction of sp³-hybridized carbons (Fsp3) is 0.250. The lowest BCUT2D eigenvalue weighted by Crippen LogP contribution is -2.34. The van der Waals surface area contributed by atoms with Crippen molar-refractivity contribution in [3.8, 4) is 17.2 Å². The van der Waals surface area contributed by atoms with Crippen LogP contribution in [0, 0.1) is 6.92 Å². The van der Waals surface area contributed by atoms with Crippen LogP contribution >= 0.6 is 0 Å². The summed E-state index contributed by atoms with van der Waals surface area (Å²) in [6.07, 6.45) is 1.08. The molecule has 1 aromatic heterocycles. The zero-order valence-corrected chi connectivity index (χ0v) is 16.2. The third-order valence-corrected chi connectivity index (χ3v) is 5.72. The topological polar surface area (TPSA) is 84.0 Å². The number of pyridine rings is 1. The maximum absolute atomic E-state index is 12.4. The molecule has 3 aromatic rings. The van der Waals surface area contributed by atoms with Gasteiger partial charge in [0.1, 0.15) is 24.5 Å². The van der Waals surface area contributed by atoms with E-state index >= 15 is 0 Å². The van der Waals surface area contributed by atoms with E-state index in [1.165, 1.54) is 12.1 Å². The standard InChI is InChI=1S/C20H19NO6S/c1-13-5-7-15(8-6-13)28(22,23)26-12-14-11-25-18-10-17(24-2)19-16(20(18)27-14)4-3-9-21-19/h3-10,14H,11-12H2,1-2H3. The second-order valence-corrected chi connectivity index (χ2v) is 8.02. The van der Waals surface area contributed by atoms with Crippen molar-refractivity contribution in [2.45, 2.75) is 17.9 Å². The molecule has 4 rings (SSSR count). The Labute approximate surface area is 162 Å². The Hall–Kier alpha value is -2.84. The summed E-state index contributed by atoms with van der Waals surface area (Å²) in [5, 5.41) is 0.725. The van der Waals surface area contributed by atoms with Gasteiger partial charge in [-0.25, -0.2) is 0 Å². The zero-order chi connectivity index (χ0) is 19.7. The average Bonchev–Trinajstić information content (AvgIpc) is 2.72. The van der Waals surface area contributed by atoms with Gasteiger partial charge in [-0.2, -0.15) is 8.42 Å². The van der Waals surface area contributed by atoms with Gasteiger partial charge in [0.2, 0.25) is 0 Å². The highest BCUT2D eigenvalue weighted by Gasteiger charge is 2.27. The number of nitrogens with zero attached hydrogens (tertiary/aromatic N) is 1. The molecule has 7 nitrogen and oxygen atoms in total. The molecule has 1 aliphatic heterocycles. The van der Waals surface area contributed by atoms with E-state index in [0.717, 1.165) is 10.9 Å². The molecule has 0 aliphatic carbocycles. The number of fused-ring (bicyclic) bond motifs is 3. The molecule has 2 aromatic carbocycles. The molecule has 0 saturated heterocycles. The molecule has 0 N–H and O–H groups in total. The molecule has 0 radical (unpaired) electrons. The number of ether oxygens (including phenoxy) is 3. The highest BCUT2D eigenvalue weighted by molar-refractivity contribution is 7.86. The van der Waals surface area contributed by atoms with E-state index in [9.17, 15) is 8.42 Å². The highest BCUT2D eigenvalue weighted by atomic mass is 32.2. The Morgan fingerprint density at radius 1 is 1.21 bits per heavy atom. The molecule has 0 saturated carbocycles. The van der Waals surface area contributed by atoms with Crippen molar-refractivity contribution in [2.75, 3.05) is 20.3 Å². The number of benzene rings is 2. The molecule has 0 fully saturated rings. The van der Waals surface area contributed by atoms with E-state index in [1.54, 1.807) is 37.6 Å². The summed E-state index contributed by atoms with van der Waals surface area (Å²) < 4.78 is 47.1. The van der Waals surface area contributed by atoms with Crippen LogP contribution in [0.15, 0.2) is 53.6 Å². The van der Waals surface area contributed by atoms with Gasteiger partial charge in [-0.1, -0.05) is 17.7 Å². The highest BCUT2D eigenvalue weighted by Crippen LogP contribution is 2.42. The number of hydrogen-bond donors (Lipinski definition) is 0. The molecule has 0 bridgehead atoms. The lowest BCUT2D eigenvalue weighted by molar-refractivity contribution is 0.0569.